The molecule has 1 N–H and O–H groups in total. The largest absolute Gasteiger partial charge is 0.378 e. The first-order valence-corrected chi connectivity index (χ1v) is 7.35. The highest BCUT2D eigenvalue weighted by Gasteiger charge is 2.29. The smallest absolute Gasteiger partial charge is 0.242 e. The molecule has 1 atom stereocenters. The summed E-state index contributed by atoms with van der Waals surface area (Å²) in [6, 6.07) is 6.53. The highest BCUT2D eigenvalue weighted by molar-refractivity contribution is 5.82. The van der Waals surface area contributed by atoms with Gasteiger partial charge in [0.1, 0.15) is 11.9 Å². The van der Waals surface area contributed by atoms with E-state index in [2.05, 4.69) is 5.32 Å². The second kappa shape index (κ2) is 6.41. The van der Waals surface area contributed by atoms with Gasteiger partial charge in [-0.15, -0.1) is 0 Å². The van der Waals surface area contributed by atoms with Crippen molar-refractivity contribution in [2.24, 2.45) is 0 Å². The van der Waals surface area contributed by atoms with Crippen LogP contribution in [-0.2, 0) is 9.53 Å². The molecule has 2 heterocycles. The summed E-state index contributed by atoms with van der Waals surface area (Å²) in [6.45, 7) is 4.35. The third-order valence-corrected chi connectivity index (χ3v) is 4.00. The van der Waals surface area contributed by atoms with E-state index in [0.29, 0.717) is 51.6 Å². The van der Waals surface area contributed by atoms with E-state index in [-0.39, 0.29) is 17.8 Å². The predicted molar refractivity (Wildman–Crippen MR) is 77.8 cm³/mol. The number of nitrogens with zero attached hydrogens (tertiary/aromatic N) is 2. The van der Waals surface area contributed by atoms with E-state index in [1.165, 1.54) is 6.07 Å². The van der Waals surface area contributed by atoms with Crippen molar-refractivity contribution in [3.05, 3.63) is 30.1 Å². The van der Waals surface area contributed by atoms with E-state index < -0.39 is 0 Å². The lowest BCUT2D eigenvalue weighted by atomic mass is 10.2. The van der Waals surface area contributed by atoms with Crippen molar-refractivity contribution in [2.45, 2.75) is 6.04 Å². The molecule has 21 heavy (non-hydrogen) atoms. The Kier molecular flexibility index (Phi) is 4.36. The molecule has 1 amide bonds. The number of carbonyl (C=O) groups excluding carboxylic acids is 1. The summed E-state index contributed by atoms with van der Waals surface area (Å²) in [6.07, 6.45) is 0. The van der Waals surface area contributed by atoms with Gasteiger partial charge < -0.3 is 19.9 Å². The van der Waals surface area contributed by atoms with Crippen LogP contribution in [0.1, 0.15) is 0 Å². The molecule has 0 radical (unpaired) electrons. The topological polar surface area (TPSA) is 44.8 Å². The summed E-state index contributed by atoms with van der Waals surface area (Å²) < 4.78 is 19.1. The number of halogens is 1. The maximum absolute atomic E-state index is 13.8. The van der Waals surface area contributed by atoms with Gasteiger partial charge in [-0.05, 0) is 12.1 Å². The molecule has 2 aliphatic rings. The summed E-state index contributed by atoms with van der Waals surface area (Å²) in [5.41, 5.74) is 0.615. The van der Waals surface area contributed by atoms with Crippen LogP contribution in [0.3, 0.4) is 0 Å². The predicted octanol–water partition coefficient (Wildman–Crippen LogP) is 0.463. The lowest BCUT2D eigenvalue weighted by Gasteiger charge is -2.38. The number of carbonyl (C=O) groups is 1. The van der Waals surface area contributed by atoms with Gasteiger partial charge in [-0.2, -0.15) is 0 Å². The standard InChI is InChI=1S/C15H20FN3O2/c16-12-3-1-2-4-14(12)18-6-8-19(9-7-18)15(20)13-11-21-10-5-17-13/h1-4,13,17H,5-11H2/t13-/m0/s1. The number of benzene rings is 1. The molecule has 1 aromatic rings. The molecule has 0 saturated carbocycles. The Morgan fingerprint density at radius 2 is 2.00 bits per heavy atom. The zero-order valence-electron chi connectivity index (χ0n) is 11.9. The van der Waals surface area contributed by atoms with Crippen LogP contribution in [0, 0.1) is 5.82 Å². The van der Waals surface area contributed by atoms with E-state index in [9.17, 15) is 9.18 Å². The first kappa shape index (κ1) is 14.3. The van der Waals surface area contributed by atoms with Crippen LogP contribution >= 0.6 is 0 Å². The average Bonchev–Trinajstić information content (AvgIpc) is 2.56. The summed E-state index contributed by atoms with van der Waals surface area (Å²) in [5.74, 6) is -0.123. The van der Waals surface area contributed by atoms with Gasteiger partial charge in [-0.3, -0.25) is 4.79 Å². The Bertz CT molecular complexity index is 497. The van der Waals surface area contributed by atoms with Gasteiger partial charge in [0.15, 0.2) is 0 Å². The van der Waals surface area contributed by atoms with Gasteiger partial charge in [0.25, 0.3) is 0 Å². The van der Waals surface area contributed by atoms with Gasteiger partial charge in [-0.25, -0.2) is 4.39 Å². The Labute approximate surface area is 123 Å². The van der Waals surface area contributed by atoms with Crippen molar-refractivity contribution in [1.29, 1.82) is 0 Å². The summed E-state index contributed by atoms with van der Waals surface area (Å²) in [5, 5.41) is 3.18. The zero-order chi connectivity index (χ0) is 14.7. The molecule has 0 aliphatic carbocycles. The highest BCUT2D eigenvalue weighted by Crippen LogP contribution is 2.20. The fourth-order valence-electron chi connectivity index (χ4n) is 2.82. The quantitative estimate of drug-likeness (QED) is 0.860. The van der Waals surface area contributed by atoms with E-state index in [4.69, 9.17) is 4.74 Å². The van der Waals surface area contributed by atoms with Crippen LogP contribution in [0.4, 0.5) is 10.1 Å². The third kappa shape index (κ3) is 3.16. The van der Waals surface area contributed by atoms with Gasteiger partial charge in [0.2, 0.25) is 5.91 Å². The second-order valence-corrected chi connectivity index (χ2v) is 5.35. The van der Waals surface area contributed by atoms with E-state index in [0.717, 1.165) is 0 Å². The molecular weight excluding hydrogens is 273 g/mol. The molecule has 0 aromatic heterocycles. The molecule has 1 aromatic carbocycles. The van der Waals surface area contributed by atoms with Crippen molar-refractivity contribution in [3.8, 4) is 0 Å². The van der Waals surface area contributed by atoms with Crippen molar-refractivity contribution < 1.29 is 13.9 Å². The monoisotopic (exact) mass is 293 g/mol. The Morgan fingerprint density at radius 3 is 2.67 bits per heavy atom. The molecular formula is C15H20FN3O2. The van der Waals surface area contributed by atoms with Crippen LogP contribution in [0.15, 0.2) is 24.3 Å². The normalized spacial score (nSPS) is 23.2. The lowest BCUT2D eigenvalue weighted by molar-refractivity contribution is -0.136. The number of piperazine rings is 1. The lowest BCUT2D eigenvalue weighted by Crippen LogP contribution is -2.57. The summed E-state index contributed by atoms with van der Waals surface area (Å²) in [7, 11) is 0. The van der Waals surface area contributed by atoms with E-state index in [1.807, 2.05) is 15.9 Å². The van der Waals surface area contributed by atoms with Crippen molar-refractivity contribution >= 4 is 11.6 Å². The van der Waals surface area contributed by atoms with Gasteiger partial charge in [0, 0.05) is 32.7 Å². The van der Waals surface area contributed by atoms with Crippen molar-refractivity contribution in [1.82, 2.24) is 10.2 Å². The van der Waals surface area contributed by atoms with Gasteiger partial charge in [0.05, 0.1) is 18.9 Å². The second-order valence-electron chi connectivity index (χ2n) is 5.35. The van der Waals surface area contributed by atoms with Gasteiger partial charge in [-0.1, -0.05) is 12.1 Å². The Hall–Kier alpha value is -1.66. The SMILES string of the molecule is O=C([C@@H]1COCCN1)N1CCN(c2ccccc2F)CC1. The fraction of sp³-hybridized carbons (Fsp3) is 0.533. The van der Waals surface area contributed by atoms with Crippen molar-refractivity contribution in [2.75, 3.05) is 50.8 Å². The minimum Gasteiger partial charge on any atom is -0.378 e. The van der Waals surface area contributed by atoms with Crippen LogP contribution in [0.2, 0.25) is 0 Å². The number of morpholine rings is 1. The molecule has 2 aliphatic heterocycles. The number of hydrogen-bond acceptors (Lipinski definition) is 4. The first-order chi connectivity index (χ1) is 10.3. The third-order valence-electron chi connectivity index (χ3n) is 4.00. The number of rotatable bonds is 2. The Balaban J connectivity index is 1.57. The number of para-hydroxylation sites is 1. The van der Waals surface area contributed by atoms with Crippen LogP contribution < -0.4 is 10.2 Å². The minimum absolute atomic E-state index is 0.0860. The first-order valence-electron chi connectivity index (χ1n) is 7.35. The van der Waals surface area contributed by atoms with Crippen LogP contribution in [0.25, 0.3) is 0 Å². The zero-order valence-corrected chi connectivity index (χ0v) is 11.9. The average molecular weight is 293 g/mol. The molecule has 0 spiro atoms. The van der Waals surface area contributed by atoms with Crippen molar-refractivity contribution in [3.63, 3.8) is 0 Å². The Morgan fingerprint density at radius 1 is 1.24 bits per heavy atom. The molecule has 2 saturated heterocycles. The molecule has 0 bridgehead atoms. The fourth-order valence-corrected chi connectivity index (χ4v) is 2.82. The molecule has 5 nitrogen and oxygen atoms in total. The van der Waals surface area contributed by atoms with E-state index >= 15 is 0 Å². The number of amides is 1. The van der Waals surface area contributed by atoms with Crippen LogP contribution in [-0.4, -0.2) is 62.8 Å². The number of anilines is 1. The number of hydrogen-bond donors (Lipinski definition) is 1. The highest BCUT2D eigenvalue weighted by atomic mass is 19.1. The molecule has 0 unspecified atom stereocenters. The number of ether oxygens (including phenoxy) is 1. The van der Waals surface area contributed by atoms with Crippen LogP contribution in [0.5, 0.6) is 0 Å². The molecule has 6 heteroatoms. The maximum Gasteiger partial charge on any atom is 0.242 e. The number of nitrogens with one attached hydrogen (secondary N) is 1. The molecule has 2 fully saturated rings. The minimum atomic E-state index is -0.237. The molecule has 3 rings (SSSR count). The summed E-state index contributed by atoms with van der Waals surface area (Å²) in [4.78, 5) is 16.2. The maximum atomic E-state index is 13.8. The molecule has 114 valence electrons. The summed E-state index contributed by atoms with van der Waals surface area (Å²) >= 11 is 0. The van der Waals surface area contributed by atoms with E-state index in [1.54, 1.807) is 12.1 Å². The van der Waals surface area contributed by atoms with Gasteiger partial charge >= 0.3 is 0 Å².